The van der Waals surface area contributed by atoms with E-state index in [9.17, 15) is 19.2 Å². The zero-order valence-electron chi connectivity index (χ0n) is 32.9. The van der Waals surface area contributed by atoms with Crippen LogP contribution in [0, 0.1) is 24.5 Å². The lowest BCUT2D eigenvalue weighted by molar-refractivity contribution is -0.138. The van der Waals surface area contributed by atoms with Crippen molar-refractivity contribution >= 4 is 52.1 Å². The van der Waals surface area contributed by atoms with Gasteiger partial charge in [-0.15, -0.1) is 0 Å². The summed E-state index contributed by atoms with van der Waals surface area (Å²) in [5.41, 5.74) is 4.36. The van der Waals surface area contributed by atoms with Crippen molar-refractivity contribution in [1.82, 2.24) is 44.5 Å². The van der Waals surface area contributed by atoms with Crippen molar-refractivity contribution in [3.05, 3.63) is 89.0 Å². The Morgan fingerprint density at radius 2 is 1.75 bits per heavy atom. The Hall–Kier alpha value is -6.36. The highest BCUT2D eigenvalue weighted by molar-refractivity contribution is 6.05. The highest BCUT2D eigenvalue weighted by Crippen LogP contribution is 2.34. The number of amides is 4. The van der Waals surface area contributed by atoms with Gasteiger partial charge in [0.1, 0.15) is 28.9 Å². The van der Waals surface area contributed by atoms with Crippen LogP contribution < -0.4 is 15.5 Å². The van der Waals surface area contributed by atoms with E-state index in [1.807, 2.05) is 48.4 Å². The fraction of sp³-hybridized carbons (Fsp3) is 0.381. The third-order valence-corrected chi connectivity index (χ3v) is 11.7. The number of imide groups is 1. The van der Waals surface area contributed by atoms with E-state index in [0.717, 1.165) is 36.1 Å². The summed E-state index contributed by atoms with van der Waals surface area (Å²) in [6.45, 7) is 10.6. The maximum atomic E-state index is 15.1. The van der Waals surface area contributed by atoms with Crippen LogP contribution in [-0.4, -0.2) is 108 Å². The number of aromatic nitrogens is 5. The Morgan fingerprint density at radius 3 is 2.47 bits per heavy atom. The third kappa shape index (κ3) is 7.23. The van der Waals surface area contributed by atoms with Gasteiger partial charge in [0.2, 0.25) is 23.7 Å². The van der Waals surface area contributed by atoms with E-state index < -0.39 is 23.6 Å². The van der Waals surface area contributed by atoms with Gasteiger partial charge < -0.3 is 24.6 Å². The van der Waals surface area contributed by atoms with Crippen molar-refractivity contribution < 1.29 is 28.0 Å². The number of benzene rings is 2. The molecular formula is C42H43F2N11O4. The monoisotopic (exact) mass is 803 g/mol. The minimum Gasteiger partial charge on any atom is -0.370 e. The molecule has 9 rings (SSSR count). The highest BCUT2D eigenvalue weighted by atomic mass is 19.1. The zero-order chi connectivity index (χ0) is 41.1. The molecule has 17 heteroatoms. The van der Waals surface area contributed by atoms with Crippen LogP contribution in [0.1, 0.15) is 60.0 Å². The van der Waals surface area contributed by atoms with Gasteiger partial charge in [0.25, 0.3) is 5.91 Å². The molecule has 5 aromatic rings. The summed E-state index contributed by atoms with van der Waals surface area (Å²) >= 11 is 0. The molecule has 0 spiro atoms. The van der Waals surface area contributed by atoms with Crippen LogP contribution in [0.3, 0.4) is 0 Å². The second-order valence-corrected chi connectivity index (χ2v) is 16.0. The number of imidazole rings is 1. The number of carbonyl (C=O) groups excluding carboxylic acids is 4. The van der Waals surface area contributed by atoms with Gasteiger partial charge in [-0.25, -0.2) is 28.7 Å². The standard InChI is InChI=1S/C42H43F2N11O4/c1-23(2)55-24(3)47-38-31(43)15-26(16-34(38)55)37-32(44)18-46-42(50-37)48-35-8-4-25(17-45-35)19-51-10-12-52(13-11-51)40(58)28-20-53(21-28)29-5-6-30-27(14-29)22-54(41(30)59)33-7-9-36(56)49-39(33)57/h4-6,8,14-18,23,28,33H,7,9-13,19-22H2,1-3H3,(H,49,56,57)(H,45,46,48,50). The Morgan fingerprint density at radius 1 is 0.949 bits per heavy atom. The van der Waals surface area contributed by atoms with Crippen LogP contribution in [0.25, 0.3) is 22.3 Å². The molecule has 2 N–H and O–H groups in total. The first kappa shape index (κ1) is 38.2. The molecule has 1 atom stereocenters. The summed E-state index contributed by atoms with van der Waals surface area (Å²) in [4.78, 5) is 75.8. The number of hydrogen-bond acceptors (Lipinski definition) is 11. The van der Waals surface area contributed by atoms with Gasteiger partial charge in [0.15, 0.2) is 11.6 Å². The lowest BCUT2D eigenvalue weighted by Crippen LogP contribution is -2.58. The molecule has 2 aromatic carbocycles. The van der Waals surface area contributed by atoms with Crippen LogP contribution in [0.4, 0.5) is 26.2 Å². The van der Waals surface area contributed by atoms with E-state index >= 15 is 8.78 Å². The minimum atomic E-state index is -0.682. The lowest BCUT2D eigenvalue weighted by Gasteiger charge is -2.44. The average Bonchev–Trinajstić information content (AvgIpc) is 3.71. The van der Waals surface area contributed by atoms with Crippen molar-refractivity contribution in [2.45, 2.75) is 58.8 Å². The molecule has 3 aromatic heterocycles. The van der Waals surface area contributed by atoms with Crippen LogP contribution in [0.15, 0.2) is 54.9 Å². The first-order valence-corrected chi connectivity index (χ1v) is 19.9. The van der Waals surface area contributed by atoms with Gasteiger partial charge in [-0.05, 0) is 74.7 Å². The molecule has 3 saturated heterocycles. The normalized spacial score (nSPS) is 18.8. The quantitative estimate of drug-likeness (QED) is 0.204. The number of pyridine rings is 1. The predicted molar refractivity (Wildman–Crippen MR) is 213 cm³/mol. The van der Waals surface area contributed by atoms with Gasteiger partial charge in [-0.2, -0.15) is 0 Å². The molecule has 3 fully saturated rings. The summed E-state index contributed by atoms with van der Waals surface area (Å²) in [6, 6.07) is 11.7. The highest BCUT2D eigenvalue weighted by Gasteiger charge is 2.41. The Bertz CT molecular complexity index is 2510. The number of fused-ring (bicyclic) bond motifs is 2. The van der Waals surface area contributed by atoms with E-state index in [0.29, 0.717) is 68.4 Å². The predicted octanol–water partition coefficient (Wildman–Crippen LogP) is 4.34. The molecule has 59 heavy (non-hydrogen) atoms. The number of halogens is 2. The maximum Gasteiger partial charge on any atom is 0.255 e. The van der Waals surface area contributed by atoms with Crippen molar-refractivity contribution in [3.63, 3.8) is 0 Å². The number of carbonyl (C=O) groups is 4. The topological polar surface area (TPSA) is 162 Å². The molecule has 1 unspecified atom stereocenters. The molecule has 7 heterocycles. The van der Waals surface area contributed by atoms with E-state index in [-0.39, 0.29) is 58.8 Å². The Kier molecular flexibility index (Phi) is 9.77. The summed E-state index contributed by atoms with van der Waals surface area (Å²) in [6.07, 6.45) is 3.34. The van der Waals surface area contributed by atoms with Gasteiger partial charge in [0, 0.05) is 87.8 Å². The van der Waals surface area contributed by atoms with E-state index in [2.05, 4.69) is 40.4 Å². The molecule has 0 bridgehead atoms. The number of aryl methyl sites for hydroxylation is 1. The fourth-order valence-electron chi connectivity index (χ4n) is 8.64. The number of hydrogen-bond donors (Lipinski definition) is 2. The second kappa shape index (κ2) is 15.1. The second-order valence-electron chi connectivity index (χ2n) is 16.0. The van der Waals surface area contributed by atoms with E-state index in [4.69, 9.17) is 0 Å². The molecular weight excluding hydrogens is 761 g/mol. The first-order chi connectivity index (χ1) is 28.4. The number of nitrogens with zero attached hydrogens (tertiary/aromatic N) is 9. The van der Waals surface area contributed by atoms with Crippen molar-refractivity contribution in [2.24, 2.45) is 5.92 Å². The first-order valence-electron chi connectivity index (χ1n) is 19.9. The molecule has 4 aliphatic rings. The number of anilines is 3. The van der Waals surface area contributed by atoms with E-state index in [1.54, 1.807) is 29.3 Å². The van der Waals surface area contributed by atoms with E-state index in [1.165, 1.54) is 6.07 Å². The number of rotatable bonds is 9. The van der Waals surface area contributed by atoms with Crippen molar-refractivity contribution in [3.8, 4) is 11.3 Å². The SMILES string of the molecule is Cc1nc2c(F)cc(-c3nc(Nc4ccc(CN5CCN(C(=O)C6CN(c7ccc8c(c7)CN(C7CCC(=O)NC7=O)C8=O)C6)CC5)cn4)ncc3F)cc2n1C(C)C. The molecule has 304 valence electrons. The van der Waals surface area contributed by atoms with Crippen LogP contribution in [-0.2, 0) is 27.5 Å². The number of nitrogens with one attached hydrogen (secondary N) is 2. The molecule has 0 aliphatic carbocycles. The molecule has 4 aliphatic heterocycles. The molecule has 0 saturated carbocycles. The molecule has 4 amide bonds. The largest absolute Gasteiger partial charge is 0.370 e. The Balaban J connectivity index is 0.758. The van der Waals surface area contributed by atoms with Gasteiger partial charge in [-0.3, -0.25) is 29.4 Å². The fourth-order valence-corrected chi connectivity index (χ4v) is 8.64. The lowest BCUT2D eigenvalue weighted by atomic mass is 9.96. The van der Waals surface area contributed by atoms with Gasteiger partial charge in [0.05, 0.1) is 17.6 Å². The van der Waals surface area contributed by atoms with Gasteiger partial charge >= 0.3 is 0 Å². The Labute approximate surface area is 338 Å². The summed E-state index contributed by atoms with van der Waals surface area (Å²) < 4.78 is 32.1. The molecule has 15 nitrogen and oxygen atoms in total. The smallest absolute Gasteiger partial charge is 0.255 e. The zero-order valence-corrected chi connectivity index (χ0v) is 32.9. The minimum absolute atomic E-state index is 0.0282. The summed E-state index contributed by atoms with van der Waals surface area (Å²) in [7, 11) is 0. The number of piperidine rings is 1. The average molecular weight is 804 g/mol. The summed E-state index contributed by atoms with van der Waals surface area (Å²) in [5.74, 6) is -0.895. The van der Waals surface area contributed by atoms with Crippen LogP contribution >= 0.6 is 0 Å². The third-order valence-electron chi connectivity index (χ3n) is 11.7. The summed E-state index contributed by atoms with van der Waals surface area (Å²) in [5, 5.41) is 5.37. The number of piperazine rings is 1. The van der Waals surface area contributed by atoms with Crippen LogP contribution in [0.5, 0.6) is 0 Å². The molecule has 0 radical (unpaired) electrons. The maximum absolute atomic E-state index is 15.1. The van der Waals surface area contributed by atoms with Crippen molar-refractivity contribution in [1.29, 1.82) is 0 Å². The van der Waals surface area contributed by atoms with Gasteiger partial charge in [-0.1, -0.05) is 6.07 Å². The van der Waals surface area contributed by atoms with Crippen molar-refractivity contribution in [2.75, 3.05) is 49.5 Å². The van der Waals surface area contributed by atoms with Crippen LogP contribution in [0.2, 0.25) is 0 Å².